The summed E-state index contributed by atoms with van der Waals surface area (Å²) >= 11 is 3.48. The Kier molecular flexibility index (Phi) is 3.97. The van der Waals surface area contributed by atoms with Crippen molar-refractivity contribution in [3.05, 3.63) is 22.2 Å². The summed E-state index contributed by atoms with van der Waals surface area (Å²) in [6, 6.07) is 4.10. The minimum atomic E-state index is 0.108. The van der Waals surface area contributed by atoms with E-state index >= 15 is 0 Å². The molecule has 2 heterocycles. The fraction of sp³-hybridized carbons (Fsp3) is 0.588. The lowest BCUT2D eigenvalue weighted by molar-refractivity contribution is 0.0776. The van der Waals surface area contributed by atoms with Gasteiger partial charge in [-0.1, -0.05) is 15.9 Å². The first-order chi connectivity index (χ1) is 11.1. The molecule has 3 atom stereocenters. The number of hydrogen-bond acceptors (Lipinski definition) is 4. The van der Waals surface area contributed by atoms with Crippen LogP contribution in [0, 0.1) is 11.8 Å². The summed E-state index contributed by atoms with van der Waals surface area (Å²) in [6.07, 6.45) is 3.54. The van der Waals surface area contributed by atoms with Gasteiger partial charge in [-0.2, -0.15) is 0 Å². The van der Waals surface area contributed by atoms with Crippen molar-refractivity contribution in [3.63, 3.8) is 0 Å². The Bertz CT molecular complexity index is 619. The Balaban J connectivity index is 1.59. The number of halogens is 1. The maximum absolute atomic E-state index is 13.0. The first kappa shape index (κ1) is 15.3. The maximum atomic E-state index is 13.0. The Labute approximate surface area is 145 Å². The lowest BCUT2D eigenvalue weighted by Crippen LogP contribution is -2.39. The molecule has 1 saturated carbocycles. The number of amides is 1. The van der Waals surface area contributed by atoms with Crippen LogP contribution in [0.15, 0.2) is 16.6 Å². The summed E-state index contributed by atoms with van der Waals surface area (Å²) in [4.78, 5) is 15.0. The van der Waals surface area contributed by atoms with Crippen molar-refractivity contribution in [2.24, 2.45) is 11.8 Å². The second-order valence-electron chi connectivity index (χ2n) is 7.07. The van der Waals surface area contributed by atoms with Crippen molar-refractivity contribution in [2.45, 2.75) is 25.3 Å². The normalized spacial score (nSPS) is 29.3. The highest BCUT2D eigenvalue weighted by Crippen LogP contribution is 2.45. The first-order valence-electron chi connectivity index (χ1n) is 8.47. The van der Waals surface area contributed by atoms with Gasteiger partial charge in [0, 0.05) is 30.1 Å². The third-order valence-electron chi connectivity index (χ3n) is 5.28. The monoisotopic (exact) mass is 378 g/mol. The molecule has 1 aromatic rings. The molecule has 4 N–H and O–H groups in total. The molecule has 0 bridgehead atoms. The second kappa shape index (κ2) is 5.98. The predicted octanol–water partition coefficient (Wildman–Crippen LogP) is 2.29. The van der Waals surface area contributed by atoms with Crippen LogP contribution in [0.25, 0.3) is 0 Å². The van der Waals surface area contributed by atoms with Crippen LogP contribution >= 0.6 is 15.9 Å². The van der Waals surface area contributed by atoms with Gasteiger partial charge >= 0.3 is 0 Å². The van der Waals surface area contributed by atoms with Crippen molar-refractivity contribution >= 4 is 33.2 Å². The van der Waals surface area contributed by atoms with E-state index in [9.17, 15) is 4.79 Å². The number of nitrogens with two attached hydrogens (primary N) is 1. The van der Waals surface area contributed by atoms with Gasteiger partial charge in [-0.3, -0.25) is 4.79 Å². The summed E-state index contributed by atoms with van der Waals surface area (Å²) in [5.74, 6) is 1.58. The van der Waals surface area contributed by atoms with Crippen molar-refractivity contribution < 1.29 is 4.79 Å². The Morgan fingerprint density at radius 1 is 1.35 bits per heavy atom. The molecule has 0 spiro atoms. The molecule has 2 saturated heterocycles. The Morgan fingerprint density at radius 2 is 2.13 bits per heavy atom. The third-order valence-corrected chi connectivity index (χ3v) is 5.73. The molecular weight excluding hydrogens is 356 g/mol. The fourth-order valence-corrected chi connectivity index (χ4v) is 4.35. The van der Waals surface area contributed by atoms with Crippen molar-refractivity contribution in [2.75, 3.05) is 37.2 Å². The van der Waals surface area contributed by atoms with Gasteiger partial charge in [0.15, 0.2) is 0 Å². The summed E-state index contributed by atoms with van der Waals surface area (Å²) in [7, 11) is 0. The summed E-state index contributed by atoms with van der Waals surface area (Å²) < 4.78 is 0.857. The minimum absolute atomic E-state index is 0.108. The van der Waals surface area contributed by atoms with E-state index in [1.165, 1.54) is 6.42 Å². The fourth-order valence-electron chi connectivity index (χ4n) is 3.87. The van der Waals surface area contributed by atoms with Crippen molar-refractivity contribution in [3.8, 4) is 0 Å². The van der Waals surface area contributed by atoms with Gasteiger partial charge in [-0.25, -0.2) is 0 Å². The topological polar surface area (TPSA) is 70.4 Å². The van der Waals surface area contributed by atoms with Gasteiger partial charge in [-0.15, -0.1) is 0 Å². The smallest absolute Gasteiger partial charge is 0.256 e. The first-order valence-corrected chi connectivity index (χ1v) is 9.26. The average Bonchev–Trinajstić information content (AvgIpc) is 3.16. The molecule has 0 radical (unpaired) electrons. The molecule has 6 heteroatoms. The van der Waals surface area contributed by atoms with E-state index in [0.29, 0.717) is 17.3 Å². The molecule has 2 unspecified atom stereocenters. The van der Waals surface area contributed by atoms with E-state index in [4.69, 9.17) is 5.73 Å². The van der Waals surface area contributed by atoms with Crippen LogP contribution in [0.1, 0.15) is 29.6 Å². The number of rotatable bonds is 3. The lowest BCUT2D eigenvalue weighted by Gasteiger charge is -2.28. The van der Waals surface area contributed by atoms with Crippen molar-refractivity contribution in [1.82, 2.24) is 10.2 Å². The van der Waals surface area contributed by atoms with Crippen LogP contribution in [0.5, 0.6) is 0 Å². The number of fused-ring (bicyclic) bond motifs is 1. The SMILES string of the molecule is Nc1cc(Br)cc(C(=O)N2CC3CC3C2)c1N[C@@H]1CCCNC1. The number of piperidine rings is 2. The molecule has 4 rings (SSSR count). The van der Waals surface area contributed by atoms with E-state index in [1.807, 2.05) is 17.0 Å². The highest BCUT2D eigenvalue weighted by atomic mass is 79.9. The quantitative estimate of drug-likeness (QED) is 0.705. The zero-order valence-electron chi connectivity index (χ0n) is 13.1. The molecule has 5 nitrogen and oxygen atoms in total. The van der Waals surface area contributed by atoms with Crippen LogP contribution < -0.4 is 16.4 Å². The molecule has 1 aromatic carbocycles. The van der Waals surface area contributed by atoms with Crippen LogP contribution in [0.2, 0.25) is 0 Å². The number of anilines is 2. The van der Waals surface area contributed by atoms with E-state index in [1.54, 1.807) is 0 Å². The number of carbonyl (C=O) groups excluding carboxylic acids is 1. The molecule has 1 amide bonds. The number of hydrogen-bond donors (Lipinski definition) is 3. The second-order valence-corrected chi connectivity index (χ2v) is 7.99. The summed E-state index contributed by atoms with van der Waals surface area (Å²) in [5.41, 5.74) is 8.36. The van der Waals surface area contributed by atoms with E-state index in [2.05, 4.69) is 26.6 Å². The Morgan fingerprint density at radius 3 is 2.83 bits per heavy atom. The minimum Gasteiger partial charge on any atom is -0.397 e. The van der Waals surface area contributed by atoms with E-state index < -0.39 is 0 Å². The number of benzene rings is 1. The van der Waals surface area contributed by atoms with Crippen molar-refractivity contribution in [1.29, 1.82) is 0 Å². The van der Waals surface area contributed by atoms with Gasteiger partial charge < -0.3 is 21.3 Å². The van der Waals surface area contributed by atoms with Gasteiger partial charge in [0.1, 0.15) is 0 Å². The standard InChI is InChI=1S/C17H23BrN4O/c18-12-5-14(17(23)22-8-10-4-11(10)9-22)16(15(19)6-12)21-13-2-1-3-20-7-13/h5-6,10-11,13,20-21H,1-4,7-9,19H2/t10?,11?,13-/m1/s1. The highest BCUT2D eigenvalue weighted by Gasteiger charge is 2.47. The van der Waals surface area contributed by atoms with E-state index in [0.717, 1.165) is 61.0 Å². The molecule has 124 valence electrons. The number of nitrogens with one attached hydrogen (secondary N) is 2. The lowest BCUT2D eigenvalue weighted by atomic mass is 10.0. The molecule has 3 aliphatic rings. The number of nitrogen functional groups attached to an aromatic ring is 1. The summed E-state index contributed by atoms with van der Waals surface area (Å²) in [5, 5.41) is 6.91. The molecule has 0 aromatic heterocycles. The zero-order valence-corrected chi connectivity index (χ0v) is 14.7. The third kappa shape index (κ3) is 3.06. The van der Waals surface area contributed by atoms with Gasteiger partial charge in [0.25, 0.3) is 5.91 Å². The van der Waals surface area contributed by atoms with Gasteiger partial charge in [0.2, 0.25) is 0 Å². The van der Waals surface area contributed by atoms with Gasteiger partial charge in [0.05, 0.1) is 16.9 Å². The average molecular weight is 379 g/mol. The van der Waals surface area contributed by atoms with Crippen LogP contribution in [-0.2, 0) is 0 Å². The number of nitrogens with zero attached hydrogens (tertiary/aromatic N) is 1. The Hall–Kier alpha value is -1.27. The summed E-state index contributed by atoms with van der Waals surface area (Å²) in [6.45, 7) is 3.79. The molecular formula is C17H23BrN4O. The predicted molar refractivity (Wildman–Crippen MR) is 95.6 cm³/mol. The molecule has 1 aliphatic carbocycles. The molecule has 2 aliphatic heterocycles. The van der Waals surface area contributed by atoms with Crippen LogP contribution in [0.3, 0.4) is 0 Å². The van der Waals surface area contributed by atoms with Gasteiger partial charge in [-0.05, 0) is 49.8 Å². The van der Waals surface area contributed by atoms with E-state index in [-0.39, 0.29) is 5.91 Å². The van der Waals surface area contributed by atoms with Crippen LogP contribution in [0.4, 0.5) is 11.4 Å². The number of likely N-dealkylation sites (tertiary alicyclic amines) is 1. The zero-order chi connectivity index (χ0) is 16.0. The number of carbonyl (C=O) groups is 1. The largest absolute Gasteiger partial charge is 0.397 e. The highest BCUT2D eigenvalue weighted by molar-refractivity contribution is 9.10. The molecule has 23 heavy (non-hydrogen) atoms. The van der Waals surface area contributed by atoms with Crippen LogP contribution in [-0.4, -0.2) is 43.0 Å². The molecule has 3 fully saturated rings. The maximum Gasteiger partial charge on any atom is 0.256 e.